The van der Waals surface area contributed by atoms with E-state index in [-0.39, 0.29) is 5.43 Å². The SMILES string of the molecule is O=c1cc(N2CCOCC2)oc2c(-c3ccc(Nc4nccc(N5CCNCC5)n4)cc3)csc12. The molecule has 2 N–H and O–H groups in total. The van der Waals surface area contributed by atoms with Crippen LogP contribution in [0.1, 0.15) is 0 Å². The number of hydrogen-bond acceptors (Lipinski definition) is 10. The van der Waals surface area contributed by atoms with Gasteiger partial charge in [0.1, 0.15) is 10.5 Å². The number of fused-ring (bicyclic) bond motifs is 1. The summed E-state index contributed by atoms with van der Waals surface area (Å²) in [5.41, 5.74) is 3.42. The summed E-state index contributed by atoms with van der Waals surface area (Å²) in [7, 11) is 0. The van der Waals surface area contributed by atoms with Crippen molar-refractivity contribution in [1.82, 2.24) is 15.3 Å². The van der Waals surface area contributed by atoms with Crippen LogP contribution in [0.2, 0.25) is 0 Å². The predicted molar refractivity (Wildman–Crippen MR) is 139 cm³/mol. The zero-order chi connectivity index (χ0) is 23.6. The molecule has 5 heterocycles. The van der Waals surface area contributed by atoms with Crippen LogP contribution in [0.15, 0.2) is 57.2 Å². The van der Waals surface area contributed by atoms with E-state index in [9.17, 15) is 4.79 Å². The van der Waals surface area contributed by atoms with Crippen molar-refractivity contribution in [2.75, 3.05) is 67.6 Å². The molecular weight excluding hydrogens is 464 g/mol. The second-order valence-electron chi connectivity index (χ2n) is 8.53. The van der Waals surface area contributed by atoms with Gasteiger partial charge in [-0.25, -0.2) is 4.98 Å². The highest BCUT2D eigenvalue weighted by atomic mass is 32.1. The highest BCUT2D eigenvalue weighted by Crippen LogP contribution is 2.35. The molecule has 35 heavy (non-hydrogen) atoms. The molecule has 10 heteroatoms. The molecule has 0 bridgehead atoms. The number of ether oxygens (including phenoxy) is 1. The Kier molecular flexibility index (Phi) is 6.07. The fourth-order valence-corrected chi connectivity index (χ4v) is 5.32. The molecule has 0 atom stereocenters. The first-order valence-electron chi connectivity index (χ1n) is 11.8. The largest absolute Gasteiger partial charge is 0.439 e. The van der Waals surface area contributed by atoms with Gasteiger partial charge in [-0.2, -0.15) is 4.98 Å². The maximum Gasteiger partial charge on any atom is 0.229 e. The summed E-state index contributed by atoms with van der Waals surface area (Å²) in [6.07, 6.45) is 1.78. The maximum absolute atomic E-state index is 12.7. The minimum Gasteiger partial charge on any atom is -0.439 e. The molecule has 4 aromatic rings. The Morgan fingerprint density at radius 1 is 1.00 bits per heavy atom. The van der Waals surface area contributed by atoms with Gasteiger partial charge < -0.3 is 29.6 Å². The van der Waals surface area contributed by atoms with Crippen LogP contribution in [-0.2, 0) is 4.74 Å². The normalized spacial score (nSPS) is 16.6. The number of thiophene rings is 1. The lowest BCUT2D eigenvalue weighted by Gasteiger charge is -2.28. The van der Waals surface area contributed by atoms with Gasteiger partial charge in [-0.1, -0.05) is 12.1 Å². The molecule has 3 aromatic heterocycles. The predicted octanol–water partition coefficient (Wildman–Crippen LogP) is 3.30. The first-order valence-corrected chi connectivity index (χ1v) is 12.7. The molecule has 2 saturated heterocycles. The summed E-state index contributed by atoms with van der Waals surface area (Å²) in [5.74, 6) is 2.10. The zero-order valence-electron chi connectivity index (χ0n) is 19.2. The third kappa shape index (κ3) is 4.60. The van der Waals surface area contributed by atoms with Gasteiger partial charge in [0.15, 0.2) is 11.5 Å². The molecule has 180 valence electrons. The van der Waals surface area contributed by atoms with Gasteiger partial charge in [0.05, 0.1) is 13.2 Å². The van der Waals surface area contributed by atoms with E-state index >= 15 is 0 Å². The average Bonchev–Trinajstić information content (AvgIpc) is 3.35. The van der Waals surface area contributed by atoms with Crippen molar-refractivity contribution in [2.45, 2.75) is 0 Å². The van der Waals surface area contributed by atoms with E-state index in [0.717, 1.165) is 48.8 Å². The van der Waals surface area contributed by atoms with Gasteiger partial charge in [-0.3, -0.25) is 4.79 Å². The second-order valence-corrected chi connectivity index (χ2v) is 9.41. The van der Waals surface area contributed by atoms with E-state index in [1.54, 1.807) is 12.3 Å². The summed E-state index contributed by atoms with van der Waals surface area (Å²) >= 11 is 1.42. The number of anilines is 4. The van der Waals surface area contributed by atoms with Crippen molar-refractivity contribution >= 4 is 45.0 Å². The fourth-order valence-electron chi connectivity index (χ4n) is 4.41. The first-order chi connectivity index (χ1) is 17.2. The Labute approximate surface area is 206 Å². The number of morpholine rings is 1. The molecule has 0 unspecified atom stereocenters. The maximum atomic E-state index is 12.7. The lowest BCUT2D eigenvalue weighted by molar-refractivity contribution is 0.121. The number of piperazine rings is 1. The Balaban J connectivity index is 1.24. The topological polar surface area (TPSA) is 95.8 Å². The lowest BCUT2D eigenvalue weighted by Crippen LogP contribution is -2.43. The van der Waals surface area contributed by atoms with Gasteiger partial charge >= 0.3 is 0 Å². The van der Waals surface area contributed by atoms with Crippen LogP contribution in [0.3, 0.4) is 0 Å². The quantitative estimate of drug-likeness (QED) is 0.437. The molecule has 1 aromatic carbocycles. The smallest absolute Gasteiger partial charge is 0.229 e. The van der Waals surface area contributed by atoms with Crippen LogP contribution in [0.25, 0.3) is 21.4 Å². The number of nitrogens with zero attached hydrogens (tertiary/aromatic N) is 4. The highest BCUT2D eigenvalue weighted by Gasteiger charge is 2.19. The molecule has 0 radical (unpaired) electrons. The molecule has 2 fully saturated rings. The summed E-state index contributed by atoms with van der Waals surface area (Å²) in [4.78, 5) is 26.1. The number of aromatic nitrogens is 2. The Morgan fingerprint density at radius 3 is 2.60 bits per heavy atom. The number of rotatable bonds is 5. The molecule has 0 spiro atoms. The summed E-state index contributed by atoms with van der Waals surface area (Å²) in [6.45, 7) is 6.48. The summed E-state index contributed by atoms with van der Waals surface area (Å²) in [5, 5.41) is 8.65. The average molecular weight is 491 g/mol. The summed E-state index contributed by atoms with van der Waals surface area (Å²) < 4.78 is 12.3. The summed E-state index contributed by atoms with van der Waals surface area (Å²) in [6, 6.07) is 11.6. The van der Waals surface area contributed by atoms with E-state index < -0.39 is 0 Å². The number of hydrogen-bond donors (Lipinski definition) is 2. The van der Waals surface area contributed by atoms with E-state index in [0.29, 0.717) is 48.4 Å². The van der Waals surface area contributed by atoms with Crippen LogP contribution in [0, 0.1) is 0 Å². The first kappa shape index (κ1) is 22.0. The minimum absolute atomic E-state index is 0.0104. The van der Waals surface area contributed by atoms with E-state index in [1.165, 1.54) is 11.3 Å². The van der Waals surface area contributed by atoms with Crippen molar-refractivity contribution < 1.29 is 9.15 Å². The van der Waals surface area contributed by atoms with Crippen molar-refractivity contribution in [3.8, 4) is 11.1 Å². The van der Waals surface area contributed by atoms with E-state index in [2.05, 4.69) is 30.4 Å². The molecule has 9 nitrogen and oxygen atoms in total. The third-order valence-electron chi connectivity index (χ3n) is 6.29. The Morgan fingerprint density at radius 2 is 1.80 bits per heavy atom. The Bertz CT molecular complexity index is 1370. The van der Waals surface area contributed by atoms with Gasteiger partial charge in [0.2, 0.25) is 11.4 Å². The monoisotopic (exact) mass is 490 g/mol. The van der Waals surface area contributed by atoms with Crippen LogP contribution in [0.4, 0.5) is 23.3 Å². The molecule has 0 saturated carbocycles. The van der Waals surface area contributed by atoms with E-state index in [4.69, 9.17) is 9.15 Å². The standard InChI is InChI=1S/C25H26N6O3S/c32-20-15-22(31-11-13-33-14-12-31)34-23-19(16-35-24(20)23)17-1-3-18(4-2-17)28-25-27-6-5-21(29-25)30-9-7-26-8-10-30/h1-6,15-16,26H,7-14H2,(H,27,28,29). The lowest BCUT2D eigenvalue weighted by atomic mass is 10.1. The number of benzene rings is 1. The minimum atomic E-state index is -0.0104. The third-order valence-corrected chi connectivity index (χ3v) is 7.26. The van der Waals surface area contributed by atoms with Crippen LogP contribution in [-0.4, -0.2) is 62.5 Å². The van der Waals surface area contributed by atoms with Crippen LogP contribution < -0.4 is 25.9 Å². The van der Waals surface area contributed by atoms with Crippen molar-refractivity contribution in [3.05, 3.63) is 58.2 Å². The second kappa shape index (κ2) is 9.65. The molecule has 0 aliphatic carbocycles. The molecule has 6 rings (SSSR count). The van der Waals surface area contributed by atoms with Crippen LogP contribution >= 0.6 is 11.3 Å². The van der Waals surface area contributed by atoms with Crippen molar-refractivity contribution in [2.24, 2.45) is 0 Å². The number of nitrogens with one attached hydrogen (secondary N) is 2. The van der Waals surface area contributed by atoms with Crippen LogP contribution in [0.5, 0.6) is 0 Å². The van der Waals surface area contributed by atoms with Gasteiger partial charge in [0.25, 0.3) is 0 Å². The van der Waals surface area contributed by atoms with Crippen molar-refractivity contribution in [3.63, 3.8) is 0 Å². The fraction of sp³-hybridized carbons (Fsp3) is 0.320. The zero-order valence-corrected chi connectivity index (χ0v) is 20.0. The molecule has 2 aliphatic heterocycles. The van der Waals surface area contributed by atoms with Crippen molar-refractivity contribution in [1.29, 1.82) is 0 Å². The van der Waals surface area contributed by atoms with Gasteiger partial charge in [-0.15, -0.1) is 11.3 Å². The molecule has 0 amide bonds. The van der Waals surface area contributed by atoms with E-state index in [1.807, 2.05) is 35.7 Å². The highest BCUT2D eigenvalue weighted by molar-refractivity contribution is 7.17. The van der Waals surface area contributed by atoms with Gasteiger partial charge in [-0.05, 0) is 23.8 Å². The molecular formula is C25H26N6O3S. The molecule has 2 aliphatic rings. The Hall–Kier alpha value is -3.47. The van der Waals surface area contributed by atoms with Gasteiger partial charge in [0, 0.05) is 68.2 Å².